The molecule has 0 radical (unpaired) electrons. The summed E-state index contributed by atoms with van der Waals surface area (Å²) in [5.41, 5.74) is 2.55. The highest BCUT2D eigenvalue weighted by Gasteiger charge is 2.47. The molecule has 248 valence electrons. The number of hydrogen-bond acceptors (Lipinski definition) is 8. The van der Waals surface area contributed by atoms with Crippen molar-refractivity contribution in [2.75, 3.05) is 56.1 Å². The monoisotopic (exact) mass is 668 g/mol. The summed E-state index contributed by atoms with van der Waals surface area (Å²) >= 11 is 6.65. The first kappa shape index (κ1) is 32.8. The van der Waals surface area contributed by atoms with Crippen LogP contribution in [0.25, 0.3) is 15.6 Å². The minimum Gasteiger partial charge on any atom is -0.459 e. The van der Waals surface area contributed by atoms with E-state index in [0.29, 0.717) is 43.4 Å². The Balaban J connectivity index is 1.31. The van der Waals surface area contributed by atoms with E-state index in [9.17, 15) is 18.0 Å². The van der Waals surface area contributed by atoms with Gasteiger partial charge in [0, 0.05) is 74.1 Å². The zero-order valence-electron chi connectivity index (χ0n) is 26.3. The predicted molar refractivity (Wildman–Crippen MR) is 174 cm³/mol. The number of pyridine rings is 1. The number of hydrogen-bond donors (Lipinski definition) is 0. The van der Waals surface area contributed by atoms with Crippen molar-refractivity contribution in [1.82, 2.24) is 24.8 Å². The molecule has 1 saturated heterocycles. The van der Waals surface area contributed by atoms with Crippen LogP contribution in [0.15, 0.2) is 43.0 Å². The summed E-state index contributed by atoms with van der Waals surface area (Å²) in [4.78, 5) is 37.6. The van der Waals surface area contributed by atoms with Gasteiger partial charge in [-0.15, -0.1) is 0 Å². The fraction of sp³-hybridized carbons (Fsp3) is 0.485. The van der Waals surface area contributed by atoms with Crippen molar-refractivity contribution >= 4 is 39.8 Å². The third-order valence-electron chi connectivity index (χ3n) is 9.20. The van der Waals surface area contributed by atoms with Crippen molar-refractivity contribution in [3.63, 3.8) is 0 Å². The van der Waals surface area contributed by atoms with Crippen molar-refractivity contribution in [3.05, 3.63) is 70.7 Å². The summed E-state index contributed by atoms with van der Waals surface area (Å²) in [5, 5.41) is 2.44. The minimum atomic E-state index is -2.62. The van der Waals surface area contributed by atoms with E-state index in [2.05, 4.69) is 21.3 Å². The molecule has 47 heavy (non-hydrogen) atoms. The number of carbonyl (C=O) groups excluding carboxylic acids is 1. The second-order valence-corrected chi connectivity index (χ2v) is 13.0. The number of fused-ring (bicyclic) bond motifs is 2. The van der Waals surface area contributed by atoms with Gasteiger partial charge in [-0.2, -0.15) is 9.97 Å². The number of benzene rings is 1. The van der Waals surface area contributed by atoms with E-state index in [0.717, 1.165) is 27.7 Å². The summed E-state index contributed by atoms with van der Waals surface area (Å²) in [6.45, 7) is 14.7. The lowest BCUT2D eigenvalue weighted by Gasteiger charge is -2.42. The zero-order valence-corrected chi connectivity index (χ0v) is 27.1. The van der Waals surface area contributed by atoms with Gasteiger partial charge in [0.05, 0.1) is 29.1 Å². The Labute approximate surface area is 276 Å². The number of aromatic nitrogens is 3. The number of rotatable bonds is 9. The van der Waals surface area contributed by atoms with E-state index in [1.54, 1.807) is 12.4 Å². The van der Waals surface area contributed by atoms with Crippen molar-refractivity contribution in [2.24, 2.45) is 0 Å². The Hall–Kier alpha value is -4.15. The van der Waals surface area contributed by atoms with Crippen LogP contribution in [0.5, 0.6) is 6.01 Å². The fourth-order valence-electron chi connectivity index (χ4n) is 6.77. The number of carbonyl (C=O) groups is 1. The Morgan fingerprint density at radius 3 is 2.74 bits per heavy atom. The van der Waals surface area contributed by atoms with Crippen molar-refractivity contribution in [3.8, 4) is 6.01 Å². The smallest absolute Gasteiger partial charge is 0.318 e. The van der Waals surface area contributed by atoms with Crippen molar-refractivity contribution in [2.45, 2.75) is 56.8 Å². The molecule has 0 unspecified atom stereocenters. The highest BCUT2D eigenvalue weighted by molar-refractivity contribution is 6.36. The van der Waals surface area contributed by atoms with Crippen molar-refractivity contribution < 1.29 is 22.7 Å². The van der Waals surface area contributed by atoms with Crippen LogP contribution in [0.1, 0.15) is 31.0 Å². The number of halogens is 4. The van der Waals surface area contributed by atoms with Crippen LogP contribution in [-0.4, -0.2) is 101 Å². The maximum atomic E-state index is 13.8. The van der Waals surface area contributed by atoms with E-state index < -0.39 is 29.8 Å². The first-order valence-corrected chi connectivity index (χ1v) is 16.0. The van der Waals surface area contributed by atoms with Crippen LogP contribution in [0.3, 0.4) is 0 Å². The fourth-order valence-corrected chi connectivity index (χ4v) is 7.04. The summed E-state index contributed by atoms with van der Waals surface area (Å²) in [6.07, 6.45) is 3.42. The Bertz CT molecular complexity index is 1720. The standard InChI is InChI=1S/C33H36ClF3N8O2/c1-20(17-42(4)23-12-33(36,37)13-23)47-32-40-27-19-43(28-16-39-14-22-6-5-7-26(34)29(22)28)9-8-25(27)30(41-32)44-10-11-45(31(46)21(2)35)24(18-44)15-38-3/h5-7,14,16,20,23-24H,2,8-13,15,17-19H2,1,4H3/t20-,24-/m0/s1. The van der Waals surface area contributed by atoms with Crippen LogP contribution in [-0.2, 0) is 17.8 Å². The summed E-state index contributed by atoms with van der Waals surface area (Å²) < 4.78 is 47.1. The van der Waals surface area contributed by atoms with Crippen LogP contribution in [0, 0.1) is 6.57 Å². The third-order valence-corrected chi connectivity index (χ3v) is 9.51. The second-order valence-electron chi connectivity index (χ2n) is 12.6. The van der Waals surface area contributed by atoms with Gasteiger partial charge >= 0.3 is 6.01 Å². The normalized spacial score (nSPS) is 20.0. The van der Waals surface area contributed by atoms with E-state index in [1.807, 2.05) is 42.0 Å². The largest absolute Gasteiger partial charge is 0.459 e. The molecule has 1 aliphatic carbocycles. The number of anilines is 2. The first-order chi connectivity index (χ1) is 22.4. The number of alkyl halides is 2. The van der Waals surface area contributed by atoms with Crippen LogP contribution < -0.4 is 14.5 Å². The number of ether oxygens (including phenoxy) is 1. The topological polar surface area (TPSA) is 82.3 Å². The molecule has 0 N–H and O–H groups in total. The lowest BCUT2D eigenvalue weighted by Crippen LogP contribution is -2.57. The van der Waals surface area contributed by atoms with Gasteiger partial charge in [0.25, 0.3) is 11.8 Å². The molecule has 3 aromatic rings. The van der Waals surface area contributed by atoms with E-state index in [4.69, 9.17) is 32.9 Å². The van der Waals surface area contributed by atoms with Gasteiger partial charge in [-0.25, -0.2) is 19.7 Å². The van der Waals surface area contributed by atoms with Crippen LogP contribution in [0.4, 0.5) is 24.7 Å². The number of likely N-dealkylation sites (N-methyl/N-ethyl adjacent to an activating group) is 1. The van der Waals surface area contributed by atoms with Gasteiger partial charge in [0.15, 0.2) is 5.83 Å². The lowest BCUT2D eigenvalue weighted by atomic mass is 9.87. The number of amides is 1. The number of nitrogens with zero attached hydrogens (tertiary/aromatic N) is 8. The Morgan fingerprint density at radius 1 is 1.23 bits per heavy atom. The average molecular weight is 669 g/mol. The maximum absolute atomic E-state index is 13.8. The molecule has 14 heteroatoms. The Kier molecular flexibility index (Phi) is 9.18. The molecular weight excluding hydrogens is 633 g/mol. The van der Waals surface area contributed by atoms with E-state index >= 15 is 0 Å². The number of piperazine rings is 1. The molecule has 10 nitrogen and oxygen atoms in total. The summed E-state index contributed by atoms with van der Waals surface area (Å²) in [5.74, 6) is -3.85. The molecule has 3 aliphatic rings. The van der Waals surface area contributed by atoms with Gasteiger partial charge in [0.1, 0.15) is 18.0 Å². The van der Waals surface area contributed by atoms with Gasteiger partial charge in [-0.1, -0.05) is 30.3 Å². The molecule has 1 amide bonds. The molecule has 2 aliphatic heterocycles. The Morgan fingerprint density at radius 2 is 2.02 bits per heavy atom. The van der Waals surface area contributed by atoms with Gasteiger partial charge in [0.2, 0.25) is 6.54 Å². The second kappa shape index (κ2) is 13.2. The molecule has 2 atom stereocenters. The summed E-state index contributed by atoms with van der Waals surface area (Å²) in [6, 6.07) is 5.07. The quantitative estimate of drug-likeness (QED) is 0.229. The van der Waals surface area contributed by atoms with Crippen LogP contribution in [0.2, 0.25) is 5.02 Å². The maximum Gasteiger partial charge on any atom is 0.318 e. The molecular formula is C33H36ClF3N8O2. The van der Waals surface area contributed by atoms with Gasteiger partial charge < -0.3 is 24.3 Å². The molecule has 6 rings (SSSR count). The van der Waals surface area contributed by atoms with E-state index in [-0.39, 0.29) is 44.5 Å². The van der Waals surface area contributed by atoms with Crippen molar-refractivity contribution in [1.29, 1.82) is 0 Å². The molecule has 0 spiro atoms. The highest BCUT2D eigenvalue weighted by atomic mass is 35.5. The third kappa shape index (κ3) is 6.80. The van der Waals surface area contributed by atoms with Gasteiger partial charge in [-0.3, -0.25) is 14.7 Å². The van der Waals surface area contributed by atoms with E-state index in [1.165, 1.54) is 4.90 Å². The SMILES string of the molecule is [C-]#[N+]C[C@H]1CN(c2nc(O[C@@H](C)CN(C)C3CC(F)(F)C3)nc3c2CCN(c2cncc4cccc(Cl)c24)C3)CCN1C(=O)C(=C)F. The first-order valence-electron chi connectivity index (χ1n) is 15.6. The molecule has 2 fully saturated rings. The molecule has 1 saturated carbocycles. The van der Waals surface area contributed by atoms with Gasteiger partial charge in [-0.05, 0) is 26.5 Å². The molecule has 1 aromatic carbocycles. The molecule has 4 heterocycles. The highest BCUT2D eigenvalue weighted by Crippen LogP contribution is 2.40. The average Bonchev–Trinajstić information content (AvgIpc) is 3.02. The molecule has 0 bridgehead atoms. The van der Waals surface area contributed by atoms with Crippen LogP contribution >= 0.6 is 11.6 Å². The minimum absolute atomic E-state index is 0.00164. The zero-order chi connectivity index (χ0) is 33.5. The lowest BCUT2D eigenvalue weighted by molar-refractivity contribution is -0.131. The predicted octanol–water partition coefficient (Wildman–Crippen LogP) is 5.16. The summed E-state index contributed by atoms with van der Waals surface area (Å²) in [7, 11) is 1.81. The molecule has 2 aromatic heterocycles.